The van der Waals surface area contributed by atoms with E-state index in [4.69, 9.17) is 9.84 Å². The van der Waals surface area contributed by atoms with Gasteiger partial charge in [-0.1, -0.05) is 0 Å². The second-order valence-electron chi connectivity index (χ2n) is 2.76. The molecule has 0 saturated heterocycles. The number of carboxylic acids is 1. The van der Waals surface area contributed by atoms with Crippen molar-refractivity contribution in [1.82, 2.24) is 4.98 Å². The molecule has 0 aliphatic carbocycles. The summed E-state index contributed by atoms with van der Waals surface area (Å²) in [7, 11) is 0. The topological polar surface area (TPSA) is 79.4 Å². The van der Waals surface area contributed by atoms with E-state index in [2.05, 4.69) is 4.98 Å². The summed E-state index contributed by atoms with van der Waals surface area (Å²) in [5.41, 5.74) is -0.117. The minimum absolute atomic E-state index is 0.104. The Morgan fingerprint density at radius 2 is 2.29 bits per heavy atom. The van der Waals surface area contributed by atoms with Gasteiger partial charge < -0.3 is 14.8 Å². The standard InChI is InChI=1S/C9H11NO4/c1-3-14-7-6(9(12)13)4-5(2)10-8(7)11/h4H,3H2,1-2H3,(H,10,11)(H,12,13). The predicted octanol–water partition coefficient (Wildman–Crippen LogP) is 0.780. The molecule has 1 aromatic heterocycles. The van der Waals surface area contributed by atoms with Crippen molar-refractivity contribution in [1.29, 1.82) is 0 Å². The molecule has 0 radical (unpaired) electrons. The van der Waals surface area contributed by atoms with Crippen LogP contribution in [0.5, 0.6) is 5.75 Å². The van der Waals surface area contributed by atoms with Gasteiger partial charge in [0.25, 0.3) is 5.56 Å². The van der Waals surface area contributed by atoms with E-state index in [1.807, 2.05) is 0 Å². The lowest BCUT2D eigenvalue weighted by molar-refractivity contribution is 0.0692. The number of H-pyrrole nitrogens is 1. The average Bonchev–Trinajstić information content (AvgIpc) is 2.09. The van der Waals surface area contributed by atoms with Gasteiger partial charge in [-0.15, -0.1) is 0 Å². The molecule has 0 bridgehead atoms. The first-order valence-electron chi connectivity index (χ1n) is 4.16. The van der Waals surface area contributed by atoms with Crippen molar-refractivity contribution in [3.8, 4) is 5.75 Å². The smallest absolute Gasteiger partial charge is 0.339 e. The van der Waals surface area contributed by atoms with E-state index in [1.165, 1.54) is 6.07 Å². The molecule has 1 aromatic rings. The Morgan fingerprint density at radius 1 is 1.64 bits per heavy atom. The van der Waals surface area contributed by atoms with Crippen molar-refractivity contribution in [3.63, 3.8) is 0 Å². The van der Waals surface area contributed by atoms with E-state index >= 15 is 0 Å². The number of carbonyl (C=O) groups is 1. The zero-order valence-electron chi connectivity index (χ0n) is 7.96. The Kier molecular flexibility index (Phi) is 2.91. The molecule has 76 valence electrons. The normalized spacial score (nSPS) is 9.86. The molecular weight excluding hydrogens is 186 g/mol. The third kappa shape index (κ3) is 1.93. The molecule has 1 heterocycles. The third-order valence-corrected chi connectivity index (χ3v) is 1.64. The number of aromatic nitrogens is 1. The summed E-state index contributed by atoms with van der Waals surface area (Å²) in [4.78, 5) is 24.6. The number of ether oxygens (including phenoxy) is 1. The molecule has 0 saturated carbocycles. The molecule has 0 amide bonds. The van der Waals surface area contributed by atoms with Crippen LogP contribution in [-0.2, 0) is 0 Å². The van der Waals surface area contributed by atoms with Crippen molar-refractivity contribution < 1.29 is 14.6 Å². The zero-order valence-corrected chi connectivity index (χ0v) is 7.96. The van der Waals surface area contributed by atoms with Crippen LogP contribution in [0, 0.1) is 6.92 Å². The van der Waals surface area contributed by atoms with Gasteiger partial charge in [0.05, 0.1) is 6.61 Å². The van der Waals surface area contributed by atoms with Gasteiger partial charge in [0.2, 0.25) is 0 Å². The Labute approximate surface area is 80.3 Å². The van der Waals surface area contributed by atoms with Crippen LogP contribution in [-0.4, -0.2) is 22.7 Å². The maximum Gasteiger partial charge on any atom is 0.339 e. The van der Waals surface area contributed by atoms with Gasteiger partial charge >= 0.3 is 5.97 Å². The average molecular weight is 197 g/mol. The van der Waals surface area contributed by atoms with E-state index in [1.54, 1.807) is 13.8 Å². The molecule has 2 N–H and O–H groups in total. The van der Waals surface area contributed by atoms with Gasteiger partial charge in [0.1, 0.15) is 5.56 Å². The van der Waals surface area contributed by atoms with Crippen LogP contribution in [0.25, 0.3) is 0 Å². The second-order valence-corrected chi connectivity index (χ2v) is 2.76. The van der Waals surface area contributed by atoms with Crippen LogP contribution in [0.2, 0.25) is 0 Å². The summed E-state index contributed by atoms with van der Waals surface area (Å²) >= 11 is 0. The van der Waals surface area contributed by atoms with E-state index in [-0.39, 0.29) is 17.9 Å². The molecule has 1 rings (SSSR count). The van der Waals surface area contributed by atoms with Gasteiger partial charge in [-0.3, -0.25) is 4.79 Å². The summed E-state index contributed by atoms with van der Waals surface area (Å²) in [5.74, 6) is -1.30. The molecular formula is C9H11NO4. The summed E-state index contributed by atoms with van der Waals surface area (Å²) in [5, 5.41) is 8.81. The number of hydrogen-bond acceptors (Lipinski definition) is 3. The molecule has 0 fully saturated rings. The Hall–Kier alpha value is -1.78. The van der Waals surface area contributed by atoms with Gasteiger partial charge in [0, 0.05) is 5.69 Å². The predicted molar refractivity (Wildman–Crippen MR) is 49.9 cm³/mol. The molecule has 0 aliphatic rings. The van der Waals surface area contributed by atoms with Crippen LogP contribution in [0.15, 0.2) is 10.9 Å². The van der Waals surface area contributed by atoms with Crippen molar-refractivity contribution in [3.05, 3.63) is 27.7 Å². The minimum Gasteiger partial charge on any atom is -0.488 e. The van der Waals surface area contributed by atoms with Crippen molar-refractivity contribution in [2.75, 3.05) is 6.61 Å². The number of nitrogens with one attached hydrogen (secondary N) is 1. The fourth-order valence-electron chi connectivity index (χ4n) is 1.12. The monoisotopic (exact) mass is 197 g/mol. The van der Waals surface area contributed by atoms with Gasteiger partial charge in [0.15, 0.2) is 5.75 Å². The highest BCUT2D eigenvalue weighted by molar-refractivity contribution is 5.90. The van der Waals surface area contributed by atoms with Crippen LogP contribution >= 0.6 is 0 Å². The van der Waals surface area contributed by atoms with Crippen LogP contribution in [0.4, 0.5) is 0 Å². The fourth-order valence-corrected chi connectivity index (χ4v) is 1.12. The molecule has 0 aromatic carbocycles. The lowest BCUT2D eigenvalue weighted by atomic mass is 10.2. The molecule has 0 aliphatic heterocycles. The van der Waals surface area contributed by atoms with Gasteiger partial charge in [-0.2, -0.15) is 0 Å². The number of aryl methyl sites for hydroxylation is 1. The summed E-state index contributed by atoms with van der Waals surface area (Å²) < 4.78 is 4.96. The zero-order chi connectivity index (χ0) is 10.7. The second kappa shape index (κ2) is 3.95. The molecule has 5 nitrogen and oxygen atoms in total. The lowest BCUT2D eigenvalue weighted by Crippen LogP contribution is -2.17. The Bertz CT molecular complexity index is 408. The highest BCUT2D eigenvalue weighted by Gasteiger charge is 2.15. The van der Waals surface area contributed by atoms with Crippen molar-refractivity contribution in [2.45, 2.75) is 13.8 Å². The lowest BCUT2D eigenvalue weighted by Gasteiger charge is -2.06. The Balaban J connectivity index is 3.36. The van der Waals surface area contributed by atoms with Gasteiger partial charge in [-0.05, 0) is 19.9 Å². The first kappa shape index (κ1) is 10.3. The van der Waals surface area contributed by atoms with Crippen LogP contribution in [0.3, 0.4) is 0 Å². The molecule has 0 spiro atoms. The van der Waals surface area contributed by atoms with Gasteiger partial charge in [-0.25, -0.2) is 4.79 Å². The van der Waals surface area contributed by atoms with Crippen LogP contribution < -0.4 is 10.3 Å². The van der Waals surface area contributed by atoms with Crippen LogP contribution in [0.1, 0.15) is 23.0 Å². The summed E-state index contributed by atoms with van der Waals surface area (Å²) in [6.07, 6.45) is 0. The number of carboxylic acid groups (broad SMARTS) is 1. The van der Waals surface area contributed by atoms with Crippen molar-refractivity contribution >= 4 is 5.97 Å². The number of aromatic carboxylic acids is 1. The maximum atomic E-state index is 11.3. The first-order chi connectivity index (χ1) is 6.56. The summed E-state index contributed by atoms with van der Waals surface area (Å²) in [6.45, 7) is 3.56. The molecule has 5 heteroatoms. The fraction of sp³-hybridized carbons (Fsp3) is 0.333. The van der Waals surface area contributed by atoms with E-state index < -0.39 is 11.5 Å². The molecule has 14 heavy (non-hydrogen) atoms. The first-order valence-corrected chi connectivity index (χ1v) is 4.16. The largest absolute Gasteiger partial charge is 0.488 e. The minimum atomic E-state index is -1.16. The van der Waals surface area contributed by atoms with E-state index in [0.717, 1.165) is 0 Å². The number of pyridine rings is 1. The molecule has 0 atom stereocenters. The number of aromatic amines is 1. The van der Waals surface area contributed by atoms with E-state index in [0.29, 0.717) is 5.69 Å². The third-order valence-electron chi connectivity index (χ3n) is 1.64. The quantitative estimate of drug-likeness (QED) is 0.750. The SMILES string of the molecule is CCOc1c(C(=O)O)cc(C)[nH]c1=O. The maximum absolute atomic E-state index is 11.3. The highest BCUT2D eigenvalue weighted by Crippen LogP contribution is 2.13. The number of rotatable bonds is 3. The van der Waals surface area contributed by atoms with Crippen molar-refractivity contribution in [2.24, 2.45) is 0 Å². The summed E-state index contributed by atoms with van der Waals surface area (Å²) in [6, 6.07) is 1.37. The highest BCUT2D eigenvalue weighted by atomic mass is 16.5. The molecule has 0 unspecified atom stereocenters. The van der Waals surface area contributed by atoms with E-state index in [9.17, 15) is 9.59 Å². The Morgan fingerprint density at radius 3 is 2.79 bits per heavy atom. The number of hydrogen-bond donors (Lipinski definition) is 2.